The molecular weight excluding hydrogens is 402 g/mol. The molecule has 1 aromatic carbocycles. The maximum absolute atomic E-state index is 12.6. The molecule has 1 aliphatic carbocycles. The number of hydrogen-bond acceptors (Lipinski definition) is 3. The van der Waals surface area contributed by atoms with E-state index in [0.29, 0.717) is 17.5 Å². The predicted molar refractivity (Wildman–Crippen MR) is 89.9 cm³/mol. The first-order chi connectivity index (χ1) is 13.5. The van der Waals surface area contributed by atoms with Gasteiger partial charge >= 0.3 is 12.4 Å². The van der Waals surface area contributed by atoms with E-state index in [0.717, 1.165) is 12.1 Å². The van der Waals surface area contributed by atoms with Crippen LogP contribution in [-0.4, -0.2) is 23.7 Å². The highest BCUT2D eigenvalue weighted by Gasteiger charge is 2.44. The standard InChI is InChI=1S/C19H16F6N2O2/c20-18(21,22)10-29-16-6-1-11(8-26-16)9-27-17(28)15-7-14(15)12-2-4-13(5-3-12)19(23,24)25/h1-6,8,14-15H,7,9-10H2,(H,27,28). The number of amides is 1. The SMILES string of the molecule is O=C(NCc1ccc(OCC(F)(F)F)nc1)C1CC1c1ccc(C(F)(F)F)cc1. The van der Waals surface area contributed by atoms with Crippen LogP contribution in [0, 0.1) is 5.92 Å². The molecule has 3 rings (SSSR count). The number of carbonyl (C=O) groups excluding carboxylic acids is 1. The average Bonchev–Trinajstić information content (AvgIpc) is 3.45. The van der Waals surface area contributed by atoms with Crippen LogP contribution >= 0.6 is 0 Å². The van der Waals surface area contributed by atoms with Crippen LogP contribution in [0.2, 0.25) is 0 Å². The second kappa shape index (κ2) is 7.92. The van der Waals surface area contributed by atoms with E-state index in [1.807, 2.05) is 0 Å². The zero-order valence-electron chi connectivity index (χ0n) is 14.8. The lowest BCUT2D eigenvalue weighted by atomic mass is 10.1. The summed E-state index contributed by atoms with van der Waals surface area (Å²) in [6.45, 7) is -1.31. The first kappa shape index (κ1) is 20.9. The van der Waals surface area contributed by atoms with Gasteiger partial charge in [-0.3, -0.25) is 4.79 Å². The van der Waals surface area contributed by atoms with Gasteiger partial charge in [0.15, 0.2) is 6.61 Å². The maximum atomic E-state index is 12.6. The largest absolute Gasteiger partial charge is 0.468 e. The van der Waals surface area contributed by atoms with Gasteiger partial charge in [0.05, 0.1) is 5.56 Å². The molecule has 1 saturated carbocycles. The van der Waals surface area contributed by atoms with Gasteiger partial charge in [-0.1, -0.05) is 18.2 Å². The van der Waals surface area contributed by atoms with Crippen LogP contribution in [0.1, 0.15) is 29.0 Å². The molecule has 156 valence electrons. The van der Waals surface area contributed by atoms with Crippen molar-refractivity contribution in [3.05, 3.63) is 59.3 Å². The van der Waals surface area contributed by atoms with Crippen molar-refractivity contribution in [3.8, 4) is 5.88 Å². The zero-order valence-corrected chi connectivity index (χ0v) is 14.8. The van der Waals surface area contributed by atoms with Crippen molar-refractivity contribution >= 4 is 5.91 Å². The molecule has 1 aromatic heterocycles. The molecule has 1 N–H and O–H groups in total. The van der Waals surface area contributed by atoms with Crippen molar-refractivity contribution in [2.45, 2.75) is 31.2 Å². The third-order valence-corrected chi connectivity index (χ3v) is 4.44. The lowest BCUT2D eigenvalue weighted by Crippen LogP contribution is -2.25. The van der Waals surface area contributed by atoms with Crippen LogP contribution in [0.5, 0.6) is 5.88 Å². The molecule has 0 spiro atoms. The van der Waals surface area contributed by atoms with E-state index < -0.39 is 24.5 Å². The Morgan fingerprint density at radius 3 is 2.31 bits per heavy atom. The van der Waals surface area contributed by atoms with Gasteiger partial charge in [0, 0.05) is 24.7 Å². The van der Waals surface area contributed by atoms with Crippen molar-refractivity contribution in [1.29, 1.82) is 0 Å². The fraction of sp³-hybridized carbons (Fsp3) is 0.368. The summed E-state index contributed by atoms with van der Waals surface area (Å²) in [5, 5.41) is 2.69. The molecule has 2 atom stereocenters. The van der Waals surface area contributed by atoms with Gasteiger partial charge in [-0.25, -0.2) is 4.98 Å². The van der Waals surface area contributed by atoms with Gasteiger partial charge in [0.2, 0.25) is 11.8 Å². The van der Waals surface area contributed by atoms with E-state index in [1.165, 1.54) is 30.5 Å². The van der Waals surface area contributed by atoms with E-state index >= 15 is 0 Å². The molecule has 2 aromatic rings. The van der Waals surface area contributed by atoms with Gasteiger partial charge in [-0.05, 0) is 35.6 Å². The van der Waals surface area contributed by atoms with Crippen molar-refractivity contribution in [3.63, 3.8) is 0 Å². The Kier molecular flexibility index (Phi) is 5.72. The Morgan fingerprint density at radius 2 is 1.76 bits per heavy atom. The highest BCUT2D eigenvalue weighted by molar-refractivity contribution is 5.82. The number of benzene rings is 1. The lowest BCUT2D eigenvalue weighted by Gasteiger charge is -2.09. The highest BCUT2D eigenvalue weighted by Crippen LogP contribution is 2.48. The van der Waals surface area contributed by atoms with E-state index in [-0.39, 0.29) is 30.2 Å². The number of rotatable bonds is 6. The Hall–Kier alpha value is -2.78. The monoisotopic (exact) mass is 418 g/mol. The van der Waals surface area contributed by atoms with Crippen LogP contribution in [0.3, 0.4) is 0 Å². The number of carbonyl (C=O) groups is 1. The van der Waals surface area contributed by atoms with Crippen LogP contribution < -0.4 is 10.1 Å². The van der Waals surface area contributed by atoms with Gasteiger partial charge < -0.3 is 10.1 Å². The Morgan fingerprint density at radius 1 is 1.07 bits per heavy atom. The molecule has 1 heterocycles. The van der Waals surface area contributed by atoms with Gasteiger partial charge in [0.25, 0.3) is 0 Å². The molecule has 1 aliphatic rings. The number of aromatic nitrogens is 1. The summed E-state index contributed by atoms with van der Waals surface area (Å²) >= 11 is 0. The summed E-state index contributed by atoms with van der Waals surface area (Å²) < 4.78 is 78.5. The zero-order chi connectivity index (χ0) is 21.2. The van der Waals surface area contributed by atoms with Crippen LogP contribution in [-0.2, 0) is 17.5 Å². The number of pyridine rings is 1. The molecule has 0 bridgehead atoms. The molecule has 10 heteroatoms. The Balaban J connectivity index is 1.47. The first-order valence-corrected chi connectivity index (χ1v) is 8.62. The number of nitrogens with zero attached hydrogens (tertiary/aromatic N) is 1. The summed E-state index contributed by atoms with van der Waals surface area (Å²) in [5.41, 5.74) is 0.508. The predicted octanol–water partition coefficient (Wildman–Crippen LogP) is 4.46. The van der Waals surface area contributed by atoms with Crippen LogP contribution in [0.4, 0.5) is 26.3 Å². The number of ether oxygens (including phenoxy) is 1. The summed E-state index contributed by atoms with van der Waals surface area (Å²) in [4.78, 5) is 16.0. The summed E-state index contributed by atoms with van der Waals surface area (Å²) in [5.74, 6) is -0.878. The average molecular weight is 418 g/mol. The molecular formula is C19H16F6N2O2. The van der Waals surface area contributed by atoms with Gasteiger partial charge in [0.1, 0.15) is 0 Å². The number of nitrogens with one attached hydrogen (secondary N) is 1. The third-order valence-electron chi connectivity index (χ3n) is 4.44. The van der Waals surface area contributed by atoms with Crippen molar-refractivity contribution < 1.29 is 35.9 Å². The van der Waals surface area contributed by atoms with Crippen LogP contribution in [0.15, 0.2) is 42.6 Å². The number of halogens is 6. The molecule has 4 nitrogen and oxygen atoms in total. The minimum atomic E-state index is -4.46. The van der Waals surface area contributed by atoms with E-state index in [9.17, 15) is 31.1 Å². The second-order valence-corrected chi connectivity index (χ2v) is 6.69. The smallest absolute Gasteiger partial charge is 0.422 e. The van der Waals surface area contributed by atoms with Crippen molar-refractivity contribution in [2.75, 3.05) is 6.61 Å². The fourth-order valence-corrected chi connectivity index (χ4v) is 2.85. The Bertz CT molecular complexity index is 847. The molecule has 0 radical (unpaired) electrons. The fourth-order valence-electron chi connectivity index (χ4n) is 2.85. The molecule has 29 heavy (non-hydrogen) atoms. The van der Waals surface area contributed by atoms with Gasteiger partial charge in [-0.15, -0.1) is 0 Å². The number of alkyl halides is 6. The second-order valence-electron chi connectivity index (χ2n) is 6.69. The normalized spacial score (nSPS) is 19.0. The van der Waals surface area contributed by atoms with E-state index in [1.54, 1.807) is 0 Å². The quantitative estimate of drug-likeness (QED) is 0.705. The topological polar surface area (TPSA) is 51.2 Å². The van der Waals surface area contributed by atoms with E-state index in [2.05, 4.69) is 15.0 Å². The molecule has 1 fully saturated rings. The minimum Gasteiger partial charge on any atom is -0.468 e. The lowest BCUT2D eigenvalue weighted by molar-refractivity contribution is -0.154. The summed E-state index contributed by atoms with van der Waals surface area (Å²) in [6.07, 6.45) is -7.02. The molecule has 0 saturated heterocycles. The molecule has 1 amide bonds. The summed E-state index contributed by atoms with van der Waals surface area (Å²) in [7, 11) is 0. The molecule has 0 aliphatic heterocycles. The number of hydrogen-bond donors (Lipinski definition) is 1. The minimum absolute atomic E-state index is 0.127. The Labute approximate surface area is 161 Å². The van der Waals surface area contributed by atoms with Crippen LogP contribution in [0.25, 0.3) is 0 Å². The third kappa shape index (κ3) is 5.85. The van der Waals surface area contributed by atoms with Crippen molar-refractivity contribution in [1.82, 2.24) is 10.3 Å². The maximum Gasteiger partial charge on any atom is 0.422 e. The molecule has 2 unspecified atom stereocenters. The van der Waals surface area contributed by atoms with Gasteiger partial charge in [-0.2, -0.15) is 26.3 Å². The summed E-state index contributed by atoms with van der Waals surface area (Å²) in [6, 6.07) is 7.51. The first-order valence-electron chi connectivity index (χ1n) is 8.62. The highest BCUT2D eigenvalue weighted by atomic mass is 19.4. The van der Waals surface area contributed by atoms with E-state index in [4.69, 9.17) is 0 Å². The van der Waals surface area contributed by atoms with Crippen molar-refractivity contribution in [2.24, 2.45) is 5.92 Å².